The molecule has 3 aromatic heterocycles. The van der Waals surface area contributed by atoms with Crippen LogP contribution in [0.5, 0.6) is 0 Å². The van der Waals surface area contributed by atoms with E-state index in [2.05, 4.69) is 211 Å². The van der Waals surface area contributed by atoms with Gasteiger partial charge in [-0.2, -0.15) is 0 Å². The van der Waals surface area contributed by atoms with E-state index in [-0.39, 0.29) is 0 Å². The third kappa shape index (κ3) is 5.66. The molecule has 65 heavy (non-hydrogen) atoms. The van der Waals surface area contributed by atoms with Crippen LogP contribution in [0.2, 0.25) is 0 Å². The fraction of sp³-hybridized carbons (Fsp3) is 0.0167. The zero-order chi connectivity index (χ0) is 42.6. The Morgan fingerprint density at radius 3 is 1.80 bits per heavy atom. The summed E-state index contributed by atoms with van der Waals surface area (Å²) in [5.41, 5.74) is 13.6. The molecule has 0 saturated carbocycles. The molecule has 5 heteroatoms. The molecule has 0 radical (unpaired) electrons. The van der Waals surface area contributed by atoms with Crippen molar-refractivity contribution < 1.29 is 0 Å². The van der Waals surface area contributed by atoms with Gasteiger partial charge in [0.15, 0.2) is 17.5 Å². The quantitative estimate of drug-likeness (QED) is 0.173. The SMILES string of the molecule is c1ccc(-c2ccc(-c3nc(-c4ccc5sc6ccccc6c5c4)nc(-c4c(-n5c6ccccc6c6cc7ccccc7cc65)ccc5c4Cc4c-5ccc5ccccc45)n3)cc2)cc1. The van der Waals surface area contributed by atoms with E-state index in [0.717, 1.165) is 45.4 Å². The molecule has 0 atom stereocenters. The second kappa shape index (κ2) is 14.1. The van der Waals surface area contributed by atoms with Crippen LogP contribution in [0, 0.1) is 0 Å². The van der Waals surface area contributed by atoms with Crippen molar-refractivity contribution in [2.75, 3.05) is 0 Å². The first-order chi connectivity index (χ1) is 32.2. The lowest BCUT2D eigenvalue weighted by molar-refractivity contribution is 1.06. The van der Waals surface area contributed by atoms with Crippen molar-refractivity contribution in [2.24, 2.45) is 0 Å². The minimum absolute atomic E-state index is 0.637. The van der Waals surface area contributed by atoms with Crippen LogP contribution in [0.4, 0.5) is 0 Å². The van der Waals surface area contributed by atoms with Crippen LogP contribution in [-0.2, 0) is 6.42 Å². The van der Waals surface area contributed by atoms with E-state index in [1.54, 1.807) is 0 Å². The fourth-order valence-electron chi connectivity index (χ4n) is 10.4. The first kappa shape index (κ1) is 36.3. The van der Waals surface area contributed by atoms with E-state index < -0.39 is 0 Å². The normalized spacial score (nSPS) is 12.2. The van der Waals surface area contributed by atoms with Gasteiger partial charge in [0.05, 0.1) is 16.7 Å². The molecule has 0 N–H and O–H groups in total. The number of benzene rings is 10. The maximum atomic E-state index is 5.59. The van der Waals surface area contributed by atoms with Crippen LogP contribution in [0.25, 0.3) is 126 Å². The predicted octanol–water partition coefficient (Wildman–Crippen LogP) is 15.9. The van der Waals surface area contributed by atoms with Crippen LogP contribution in [0.15, 0.2) is 206 Å². The topological polar surface area (TPSA) is 43.6 Å². The molecule has 0 amide bonds. The standard InChI is InChI=1S/C60H36N4S/c1-2-12-36(13-3-1)37-22-24-39(25-23-37)58-61-59(42-27-31-56-50(33-42)47-19-9-11-21-55(47)65-56)63-60(62-58)57-51-35-48-43-17-7-6-14-38(43)26-28-44(48)45(51)29-30-53(57)64-52-20-10-8-18-46(52)49-32-40-15-4-5-16-41(40)34-54(49)64/h1-34H,35H2. The smallest absolute Gasteiger partial charge is 0.166 e. The van der Waals surface area contributed by atoms with Gasteiger partial charge in [0.1, 0.15) is 0 Å². The predicted molar refractivity (Wildman–Crippen MR) is 272 cm³/mol. The molecule has 0 fully saturated rings. The number of rotatable bonds is 5. The molecule has 1 aliphatic rings. The van der Waals surface area contributed by atoms with Crippen molar-refractivity contribution in [3.63, 3.8) is 0 Å². The minimum atomic E-state index is 0.637. The van der Waals surface area contributed by atoms with Gasteiger partial charge in [-0.15, -0.1) is 11.3 Å². The highest BCUT2D eigenvalue weighted by molar-refractivity contribution is 7.25. The van der Waals surface area contributed by atoms with Crippen molar-refractivity contribution in [3.8, 4) is 62.1 Å². The molecule has 10 aromatic carbocycles. The van der Waals surface area contributed by atoms with Crippen LogP contribution in [-0.4, -0.2) is 19.5 Å². The highest BCUT2D eigenvalue weighted by Gasteiger charge is 2.29. The second-order valence-electron chi connectivity index (χ2n) is 17.1. The Bertz CT molecular complexity index is 4090. The van der Waals surface area contributed by atoms with Crippen LogP contribution < -0.4 is 0 Å². The molecule has 0 aliphatic heterocycles. The Hall–Kier alpha value is -8.25. The summed E-state index contributed by atoms with van der Waals surface area (Å²) in [6.07, 6.45) is 0.754. The zero-order valence-corrected chi connectivity index (χ0v) is 35.9. The first-order valence-corrected chi connectivity index (χ1v) is 22.9. The summed E-state index contributed by atoms with van der Waals surface area (Å²) < 4.78 is 4.97. The fourth-order valence-corrected chi connectivity index (χ4v) is 11.5. The number of hydrogen-bond acceptors (Lipinski definition) is 4. The lowest BCUT2D eigenvalue weighted by Crippen LogP contribution is -2.06. The van der Waals surface area contributed by atoms with Crippen molar-refractivity contribution in [2.45, 2.75) is 6.42 Å². The summed E-state index contributed by atoms with van der Waals surface area (Å²) in [6, 6.07) is 74.6. The maximum absolute atomic E-state index is 5.59. The Morgan fingerprint density at radius 1 is 0.354 bits per heavy atom. The van der Waals surface area contributed by atoms with E-state index in [0.29, 0.717) is 17.5 Å². The number of para-hydroxylation sites is 1. The van der Waals surface area contributed by atoms with Crippen LogP contribution in [0.1, 0.15) is 11.1 Å². The summed E-state index contributed by atoms with van der Waals surface area (Å²) in [5.74, 6) is 1.94. The van der Waals surface area contributed by atoms with Crippen molar-refractivity contribution in [3.05, 3.63) is 217 Å². The van der Waals surface area contributed by atoms with Crippen molar-refractivity contribution in [1.82, 2.24) is 19.5 Å². The second-order valence-corrected chi connectivity index (χ2v) is 18.2. The van der Waals surface area contributed by atoms with Crippen LogP contribution >= 0.6 is 11.3 Å². The highest BCUT2D eigenvalue weighted by Crippen LogP contribution is 2.48. The van der Waals surface area contributed by atoms with E-state index in [4.69, 9.17) is 15.0 Å². The Kier molecular flexibility index (Phi) is 7.88. The molecule has 0 unspecified atom stereocenters. The molecule has 0 spiro atoms. The average Bonchev–Trinajstić information content (AvgIpc) is 4.05. The number of hydrogen-bond donors (Lipinski definition) is 0. The lowest BCUT2D eigenvalue weighted by Gasteiger charge is -2.18. The number of thiophene rings is 1. The van der Waals surface area contributed by atoms with Gasteiger partial charge < -0.3 is 4.57 Å². The van der Waals surface area contributed by atoms with E-state index in [1.807, 2.05) is 11.3 Å². The molecule has 4 nitrogen and oxygen atoms in total. The van der Waals surface area contributed by atoms with Gasteiger partial charge in [-0.05, 0) is 103 Å². The molecule has 1 aliphatic carbocycles. The highest BCUT2D eigenvalue weighted by atomic mass is 32.1. The minimum Gasteiger partial charge on any atom is -0.308 e. The monoisotopic (exact) mass is 844 g/mol. The van der Waals surface area contributed by atoms with E-state index in [1.165, 1.54) is 80.3 Å². The number of aromatic nitrogens is 4. The molecule has 13 aromatic rings. The molecule has 302 valence electrons. The number of fused-ring (bicyclic) bond motifs is 12. The third-order valence-electron chi connectivity index (χ3n) is 13.5. The van der Waals surface area contributed by atoms with E-state index in [9.17, 15) is 0 Å². The molecule has 14 rings (SSSR count). The molecular formula is C60H36N4S. The van der Waals surface area contributed by atoms with Gasteiger partial charge in [0.25, 0.3) is 0 Å². The van der Waals surface area contributed by atoms with Gasteiger partial charge >= 0.3 is 0 Å². The van der Waals surface area contributed by atoms with Gasteiger partial charge in [0.2, 0.25) is 0 Å². The summed E-state index contributed by atoms with van der Waals surface area (Å²) in [7, 11) is 0. The van der Waals surface area contributed by atoms with Gasteiger partial charge in [-0.25, -0.2) is 15.0 Å². The lowest BCUT2D eigenvalue weighted by atomic mass is 9.97. The van der Waals surface area contributed by atoms with Crippen LogP contribution in [0.3, 0.4) is 0 Å². The van der Waals surface area contributed by atoms with Crippen molar-refractivity contribution in [1.29, 1.82) is 0 Å². The molecular weight excluding hydrogens is 809 g/mol. The summed E-state index contributed by atoms with van der Waals surface area (Å²) >= 11 is 1.82. The summed E-state index contributed by atoms with van der Waals surface area (Å²) in [4.78, 5) is 16.5. The molecule has 0 saturated heterocycles. The Balaban J connectivity index is 1.07. The van der Waals surface area contributed by atoms with Gasteiger partial charge in [0, 0.05) is 54.1 Å². The number of nitrogens with zero attached hydrogens (tertiary/aromatic N) is 4. The molecule has 3 heterocycles. The zero-order valence-electron chi connectivity index (χ0n) is 35.0. The first-order valence-electron chi connectivity index (χ1n) is 22.1. The van der Waals surface area contributed by atoms with Crippen molar-refractivity contribution >= 4 is 74.9 Å². The molecule has 0 bridgehead atoms. The largest absolute Gasteiger partial charge is 0.308 e. The van der Waals surface area contributed by atoms with Gasteiger partial charge in [-0.3, -0.25) is 0 Å². The summed E-state index contributed by atoms with van der Waals surface area (Å²) in [5, 5.41) is 9.82. The Morgan fingerprint density at radius 2 is 0.954 bits per heavy atom. The Labute approximate surface area is 378 Å². The average molecular weight is 845 g/mol. The summed E-state index contributed by atoms with van der Waals surface area (Å²) in [6.45, 7) is 0. The maximum Gasteiger partial charge on any atom is 0.166 e. The van der Waals surface area contributed by atoms with Gasteiger partial charge in [-0.1, -0.05) is 158 Å². The van der Waals surface area contributed by atoms with E-state index >= 15 is 0 Å². The third-order valence-corrected chi connectivity index (χ3v) is 14.7.